The van der Waals surface area contributed by atoms with E-state index in [2.05, 4.69) is 6.58 Å². The summed E-state index contributed by atoms with van der Waals surface area (Å²) in [5.41, 5.74) is 2.64. The van der Waals surface area contributed by atoms with Gasteiger partial charge in [0.05, 0.1) is 13.0 Å². The van der Waals surface area contributed by atoms with E-state index < -0.39 is 0 Å². The highest BCUT2D eigenvalue weighted by molar-refractivity contribution is 5.90. The zero-order chi connectivity index (χ0) is 19.2. The minimum absolute atomic E-state index is 0.151. The van der Waals surface area contributed by atoms with Crippen LogP contribution in [0.15, 0.2) is 55.1 Å². The topological polar surface area (TPSA) is 52.6 Å². The molecule has 0 spiro atoms. The molecule has 4 nitrogen and oxygen atoms in total. The highest BCUT2D eigenvalue weighted by Gasteiger charge is 2.35. The normalized spacial score (nSPS) is 19.4. The second-order valence-corrected chi connectivity index (χ2v) is 6.75. The largest absolute Gasteiger partial charge is 0.496 e. The van der Waals surface area contributed by atoms with Crippen molar-refractivity contribution in [2.75, 3.05) is 7.11 Å². The standard InChI is InChI=1S/C23H24O4/c1-3-18-19(10-7-11-22(18)26-2)20-14-17(12-13-21(20)24)23(25)27-15-16-8-5-4-6-9-16/h3-11,17,20H,1,12-15H2,2H3/t17?,20-/m1/s1. The van der Waals surface area contributed by atoms with Crippen LogP contribution in [-0.2, 0) is 20.9 Å². The molecule has 1 aliphatic rings. The van der Waals surface area contributed by atoms with E-state index in [9.17, 15) is 9.59 Å². The average Bonchev–Trinajstić information content (AvgIpc) is 2.72. The van der Waals surface area contributed by atoms with Crippen LogP contribution in [-0.4, -0.2) is 18.9 Å². The molecular formula is C23H24O4. The Morgan fingerprint density at radius 2 is 1.96 bits per heavy atom. The summed E-state index contributed by atoms with van der Waals surface area (Å²) in [6.07, 6.45) is 3.08. The number of ketones is 1. The van der Waals surface area contributed by atoms with Gasteiger partial charge in [0.1, 0.15) is 18.1 Å². The summed E-state index contributed by atoms with van der Waals surface area (Å²) >= 11 is 0. The van der Waals surface area contributed by atoms with Crippen molar-refractivity contribution in [1.82, 2.24) is 0 Å². The van der Waals surface area contributed by atoms with Gasteiger partial charge in [-0.2, -0.15) is 0 Å². The summed E-state index contributed by atoms with van der Waals surface area (Å²) in [5.74, 6) is -0.0154. The molecule has 2 aromatic carbocycles. The van der Waals surface area contributed by atoms with Gasteiger partial charge in [0.25, 0.3) is 0 Å². The second-order valence-electron chi connectivity index (χ2n) is 6.75. The van der Waals surface area contributed by atoms with Crippen LogP contribution in [0.25, 0.3) is 6.08 Å². The Bertz CT molecular complexity index is 826. The van der Waals surface area contributed by atoms with Gasteiger partial charge in [-0.15, -0.1) is 0 Å². The molecule has 140 valence electrons. The summed E-state index contributed by atoms with van der Waals surface area (Å²) in [4.78, 5) is 25.1. The number of hydrogen-bond donors (Lipinski definition) is 0. The van der Waals surface area contributed by atoms with E-state index in [1.807, 2.05) is 48.5 Å². The summed E-state index contributed by atoms with van der Waals surface area (Å²) in [7, 11) is 1.60. The lowest BCUT2D eigenvalue weighted by Crippen LogP contribution is -2.29. The molecule has 0 saturated heterocycles. The first-order valence-corrected chi connectivity index (χ1v) is 9.16. The van der Waals surface area contributed by atoms with Crippen molar-refractivity contribution in [3.8, 4) is 5.75 Å². The molecule has 0 aliphatic heterocycles. The van der Waals surface area contributed by atoms with Crippen molar-refractivity contribution in [3.05, 3.63) is 71.8 Å². The van der Waals surface area contributed by atoms with Gasteiger partial charge >= 0.3 is 5.97 Å². The fourth-order valence-electron chi connectivity index (χ4n) is 3.65. The molecule has 27 heavy (non-hydrogen) atoms. The molecule has 2 atom stereocenters. The molecule has 0 N–H and O–H groups in total. The number of esters is 1. The zero-order valence-electron chi connectivity index (χ0n) is 15.5. The number of methoxy groups -OCH3 is 1. The van der Waals surface area contributed by atoms with Gasteiger partial charge in [-0.1, -0.05) is 55.1 Å². The van der Waals surface area contributed by atoms with Crippen molar-refractivity contribution < 1.29 is 19.1 Å². The maximum absolute atomic E-state index is 12.6. The van der Waals surface area contributed by atoms with Crippen molar-refractivity contribution >= 4 is 17.8 Å². The molecule has 1 saturated carbocycles. The molecule has 4 heteroatoms. The van der Waals surface area contributed by atoms with Crippen molar-refractivity contribution in [2.24, 2.45) is 5.92 Å². The van der Waals surface area contributed by atoms with Gasteiger partial charge in [-0.3, -0.25) is 9.59 Å². The van der Waals surface area contributed by atoms with Crippen LogP contribution < -0.4 is 4.74 Å². The first kappa shape index (κ1) is 18.9. The zero-order valence-corrected chi connectivity index (χ0v) is 15.5. The van der Waals surface area contributed by atoms with E-state index in [1.54, 1.807) is 13.2 Å². The molecule has 0 aromatic heterocycles. The minimum atomic E-state index is -0.337. The molecule has 1 fully saturated rings. The highest BCUT2D eigenvalue weighted by atomic mass is 16.5. The summed E-state index contributed by atoms with van der Waals surface area (Å²) in [6, 6.07) is 15.2. The number of ether oxygens (including phenoxy) is 2. The van der Waals surface area contributed by atoms with Crippen molar-refractivity contribution in [3.63, 3.8) is 0 Å². The molecule has 1 unspecified atom stereocenters. The fraction of sp³-hybridized carbons (Fsp3) is 0.304. The van der Waals surface area contributed by atoms with E-state index in [4.69, 9.17) is 9.47 Å². The number of carbonyl (C=O) groups excluding carboxylic acids is 2. The number of carbonyl (C=O) groups is 2. The molecule has 1 aliphatic carbocycles. The van der Waals surface area contributed by atoms with Crippen LogP contribution in [0.1, 0.15) is 41.9 Å². The highest BCUT2D eigenvalue weighted by Crippen LogP contribution is 2.38. The molecule has 3 rings (SSSR count). The summed E-state index contributed by atoms with van der Waals surface area (Å²) < 4.78 is 10.9. The molecule has 0 radical (unpaired) electrons. The third-order valence-electron chi connectivity index (χ3n) is 5.10. The number of benzene rings is 2. The quantitative estimate of drug-likeness (QED) is 0.707. The number of rotatable bonds is 6. The van der Waals surface area contributed by atoms with Crippen LogP contribution in [0.4, 0.5) is 0 Å². The van der Waals surface area contributed by atoms with Crippen LogP contribution in [0.3, 0.4) is 0 Å². The molecule has 2 aromatic rings. The average molecular weight is 364 g/mol. The second kappa shape index (κ2) is 8.67. The Morgan fingerprint density at radius 3 is 2.67 bits per heavy atom. The number of Topliss-reactive ketones (excluding diaryl/α,β-unsaturated/α-hetero) is 1. The number of hydrogen-bond acceptors (Lipinski definition) is 4. The van der Waals surface area contributed by atoms with Gasteiger partial charge in [-0.05, 0) is 30.0 Å². The van der Waals surface area contributed by atoms with Crippen molar-refractivity contribution in [2.45, 2.75) is 31.8 Å². The van der Waals surface area contributed by atoms with Gasteiger partial charge in [0, 0.05) is 17.9 Å². The van der Waals surface area contributed by atoms with Crippen LogP contribution in [0, 0.1) is 5.92 Å². The Morgan fingerprint density at radius 1 is 1.19 bits per heavy atom. The SMILES string of the molecule is C=Cc1c(OC)cccc1[C@H]1CC(C(=O)OCc2ccccc2)CCC1=O. The Balaban J connectivity index is 1.74. The van der Waals surface area contributed by atoms with E-state index in [-0.39, 0.29) is 30.2 Å². The third-order valence-corrected chi connectivity index (χ3v) is 5.10. The third kappa shape index (κ3) is 4.27. The first-order chi connectivity index (χ1) is 13.1. The fourth-order valence-corrected chi connectivity index (χ4v) is 3.65. The first-order valence-electron chi connectivity index (χ1n) is 9.16. The van der Waals surface area contributed by atoms with E-state index >= 15 is 0 Å². The summed E-state index contributed by atoms with van der Waals surface area (Å²) in [6.45, 7) is 4.11. The van der Waals surface area contributed by atoms with E-state index in [0.717, 1.165) is 16.7 Å². The van der Waals surface area contributed by atoms with Crippen LogP contribution >= 0.6 is 0 Å². The molecule has 0 amide bonds. The minimum Gasteiger partial charge on any atom is -0.496 e. The van der Waals surface area contributed by atoms with Gasteiger partial charge in [-0.25, -0.2) is 0 Å². The predicted molar refractivity (Wildman–Crippen MR) is 104 cm³/mol. The van der Waals surface area contributed by atoms with E-state index in [1.165, 1.54) is 0 Å². The maximum Gasteiger partial charge on any atom is 0.309 e. The Hall–Kier alpha value is -2.88. The molecule has 0 bridgehead atoms. The lowest BCUT2D eigenvalue weighted by Gasteiger charge is -2.28. The van der Waals surface area contributed by atoms with Crippen LogP contribution in [0.5, 0.6) is 5.75 Å². The summed E-state index contributed by atoms with van der Waals surface area (Å²) in [5, 5.41) is 0. The van der Waals surface area contributed by atoms with Crippen LogP contribution in [0.2, 0.25) is 0 Å². The monoisotopic (exact) mass is 364 g/mol. The van der Waals surface area contributed by atoms with Gasteiger partial charge < -0.3 is 9.47 Å². The van der Waals surface area contributed by atoms with Gasteiger partial charge in [0.15, 0.2) is 0 Å². The lowest BCUT2D eigenvalue weighted by molar-refractivity contribution is -0.151. The smallest absolute Gasteiger partial charge is 0.309 e. The Labute approximate surface area is 159 Å². The predicted octanol–water partition coefficient (Wildman–Crippen LogP) is 4.53. The van der Waals surface area contributed by atoms with E-state index in [0.29, 0.717) is 25.0 Å². The molecule has 0 heterocycles. The molecular weight excluding hydrogens is 340 g/mol. The lowest BCUT2D eigenvalue weighted by atomic mass is 9.75. The van der Waals surface area contributed by atoms with Crippen molar-refractivity contribution in [1.29, 1.82) is 0 Å². The maximum atomic E-state index is 12.6. The Kier molecular flexibility index (Phi) is 6.07. The van der Waals surface area contributed by atoms with Gasteiger partial charge in [0.2, 0.25) is 0 Å².